The molecular weight excluding hydrogens is 378 g/mol. The molecule has 4 rings (SSSR count). The van der Waals surface area contributed by atoms with Crippen molar-refractivity contribution in [1.29, 1.82) is 0 Å². The van der Waals surface area contributed by atoms with Crippen molar-refractivity contribution in [3.05, 3.63) is 66.2 Å². The average Bonchev–Trinajstić information content (AvgIpc) is 3.06. The summed E-state index contributed by atoms with van der Waals surface area (Å²) in [5, 5.41) is 7.75. The first kappa shape index (κ1) is 17.9. The molecule has 0 fully saturated rings. The van der Waals surface area contributed by atoms with Gasteiger partial charge in [-0.2, -0.15) is 0 Å². The van der Waals surface area contributed by atoms with E-state index in [1.807, 2.05) is 31.2 Å². The zero-order valence-corrected chi connectivity index (χ0v) is 16.0. The van der Waals surface area contributed by atoms with E-state index in [9.17, 15) is 8.42 Å². The number of aryl methyl sites for hydroxylation is 2. The fourth-order valence-corrected chi connectivity index (χ4v) is 3.74. The Balaban J connectivity index is 1.59. The first-order chi connectivity index (χ1) is 13.4. The molecular formula is C19H17N5O3S. The number of aromatic nitrogens is 3. The molecule has 0 saturated heterocycles. The van der Waals surface area contributed by atoms with Crippen LogP contribution in [0.15, 0.2) is 64.0 Å². The van der Waals surface area contributed by atoms with Gasteiger partial charge in [0, 0.05) is 17.1 Å². The second-order valence-electron chi connectivity index (χ2n) is 6.21. The second-order valence-corrected chi connectivity index (χ2v) is 7.90. The van der Waals surface area contributed by atoms with E-state index in [4.69, 9.17) is 4.52 Å². The third-order valence-electron chi connectivity index (χ3n) is 4.01. The average molecular weight is 395 g/mol. The maximum Gasteiger partial charge on any atom is 0.263 e. The Morgan fingerprint density at radius 3 is 2.43 bits per heavy atom. The van der Waals surface area contributed by atoms with E-state index in [0.717, 1.165) is 10.9 Å². The molecule has 0 unspecified atom stereocenters. The maximum absolute atomic E-state index is 12.5. The van der Waals surface area contributed by atoms with Gasteiger partial charge < -0.3 is 9.84 Å². The van der Waals surface area contributed by atoms with Crippen LogP contribution >= 0.6 is 0 Å². The molecule has 0 atom stereocenters. The molecule has 0 aliphatic carbocycles. The second kappa shape index (κ2) is 6.93. The SMILES string of the molecule is Cc1nc(Nc2ccc(S(=O)(=O)Nc3cc(C)on3)cc2)c2ccccc2n1. The Kier molecular flexibility index (Phi) is 4.44. The van der Waals surface area contributed by atoms with Crippen LogP contribution in [0.25, 0.3) is 10.9 Å². The number of hydrogen-bond acceptors (Lipinski definition) is 7. The Labute approximate surface area is 161 Å². The number of para-hydroxylation sites is 1. The van der Waals surface area contributed by atoms with Crippen LogP contribution in [-0.4, -0.2) is 23.5 Å². The van der Waals surface area contributed by atoms with Gasteiger partial charge in [-0.3, -0.25) is 4.72 Å². The fourth-order valence-electron chi connectivity index (χ4n) is 2.75. The molecule has 0 aliphatic rings. The summed E-state index contributed by atoms with van der Waals surface area (Å²) in [6.07, 6.45) is 0. The lowest BCUT2D eigenvalue weighted by Gasteiger charge is -2.10. The van der Waals surface area contributed by atoms with E-state index in [1.165, 1.54) is 18.2 Å². The Morgan fingerprint density at radius 1 is 0.964 bits per heavy atom. The predicted molar refractivity (Wildman–Crippen MR) is 106 cm³/mol. The van der Waals surface area contributed by atoms with Crippen molar-refractivity contribution in [1.82, 2.24) is 15.1 Å². The topological polar surface area (TPSA) is 110 Å². The van der Waals surface area contributed by atoms with E-state index in [-0.39, 0.29) is 10.7 Å². The fraction of sp³-hybridized carbons (Fsp3) is 0.105. The summed E-state index contributed by atoms with van der Waals surface area (Å²) >= 11 is 0. The summed E-state index contributed by atoms with van der Waals surface area (Å²) in [6.45, 7) is 3.51. The third-order valence-corrected chi connectivity index (χ3v) is 5.38. The van der Waals surface area contributed by atoms with Crippen molar-refractivity contribution >= 4 is 38.2 Å². The highest BCUT2D eigenvalue weighted by Gasteiger charge is 2.16. The number of nitrogens with zero attached hydrogens (tertiary/aromatic N) is 3. The van der Waals surface area contributed by atoms with E-state index in [0.29, 0.717) is 23.1 Å². The predicted octanol–water partition coefficient (Wildman–Crippen LogP) is 3.78. The van der Waals surface area contributed by atoms with Crippen molar-refractivity contribution < 1.29 is 12.9 Å². The molecule has 142 valence electrons. The van der Waals surface area contributed by atoms with E-state index >= 15 is 0 Å². The van der Waals surface area contributed by atoms with Gasteiger partial charge in [-0.15, -0.1) is 0 Å². The summed E-state index contributed by atoms with van der Waals surface area (Å²) in [6, 6.07) is 15.6. The first-order valence-electron chi connectivity index (χ1n) is 8.47. The van der Waals surface area contributed by atoms with Crippen molar-refractivity contribution in [3.63, 3.8) is 0 Å². The molecule has 4 aromatic rings. The lowest BCUT2D eigenvalue weighted by molar-refractivity contribution is 0.400. The molecule has 2 heterocycles. The van der Waals surface area contributed by atoms with Gasteiger partial charge in [0.1, 0.15) is 17.4 Å². The first-order valence-corrected chi connectivity index (χ1v) is 9.96. The summed E-state index contributed by atoms with van der Waals surface area (Å²) in [5.41, 5.74) is 1.54. The van der Waals surface area contributed by atoms with Crippen molar-refractivity contribution in [3.8, 4) is 0 Å². The third kappa shape index (κ3) is 3.65. The minimum atomic E-state index is -3.76. The van der Waals surface area contributed by atoms with Crippen LogP contribution in [0, 0.1) is 13.8 Å². The van der Waals surface area contributed by atoms with Crippen LogP contribution in [0.4, 0.5) is 17.3 Å². The Morgan fingerprint density at radius 2 is 1.71 bits per heavy atom. The van der Waals surface area contributed by atoms with Gasteiger partial charge in [-0.05, 0) is 50.2 Å². The number of benzene rings is 2. The minimum Gasteiger partial charge on any atom is -0.360 e. The molecule has 0 radical (unpaired) electrons. The van der Waals surface area contributed by atoms with Gasteiger partial charge in [0.25, 0.3) is 10.0 Å². The van der Waals surface area contributed by atoms with Gasteiger partial charge >= 0.3 is 0 Å². The quantitative estimate of drug-likeness (QED) is 0.529. The van der Waals surface area contributed by atoms with Gasteiger partial charge in [0.15, 0.2) is 5.82 Å². The van der Waals surface area contributed by atoms with Crippen molar-refractivity contribution in [2.24, 2.45) is 0 Å². The number of nitrogens with one attached hydrogen (secondary N) is 2. The van der Waals surface area contributed by atoms with Crippen LogP contribution < -0.4 is 10.0 Å². The summed E-state index contributed by atoms with van der Waals surface area (Å²) < 4.78 is 32.2. The molecule has 0 aliphatic heterocycles. The van der Waals surface area contributed by atoms with Gasteiger partial charge in [-0.25, -0.2) is 18.4 Å². The van der Waals surface area contributed by atoms with E-state index in [2.05, 4.69) is 25.2 Å². The molecule has 0 bridgehead atoms. The minimum absolute atomic E-state index is 0.113. The van der Waals surface area contributed by atoms with Gasteiger partial charge in [0.2, 0.25) is 0 Å². The number of fused-ring (bicyclic) bond motifs is 1. The van der Waals surface area contributed by atoms with Crippen LogP contribution in [0.5, 0.6) is 0 Å². The summed E-state index contributed by atoms with van der Waals surface area (Å²) in [4.78, 5) is 8.98. The highest BCUT2D eigenvalue weighted by atomic mass is 32.2. The number of rotatable bonds is 5. The Hall–Kier alpha value is -3.46. The molecule has 0 spiro atoms. The Bertz CT molecular complexity index is 1250. The molecule has 8 nitrogen and oxygen atoms in total. The van der Waals surface area contributed by atoms with Crippen LogP contribution in [0.3, 0.4) is 0 Å². The van der Waals surface area contributed by atoms with Crippen LogP contribution in [-0.2, 0) is 10.0 Å². The molecule has 2 aromatic carbocycles. The molecule has 0 saturated carbocycles. The maximum atomic E-state index is 12.5. The van der Waals surface area contributed by atoms with Gasteiger partial charge in [0.05, 0.1) is 10.4 Å². The van der Waals surface area contributed by atoms with Crippen LogP contribution in [0.1, 0.15) is 11.6 Å². The number of sulfonamides is 1. The summed E-state index contributed by atoms with van der Waals surface area (Å²) in [7, 11) is -3.76. The molecule has 0 amide bonds. The molecule has 2 aromatic heterocycles. The largest absolute Gasteiger partial charge is 0.360 e. The highest BCUT2D eigenvalue weighted by molar-refractivity contribution is 7.92. The lowest BCUT2D eigenvalue weighted by atomic mass is 10.2. The number of anilines is 3. The van der Waals surface area contributed by atoms with E-state index in [1.54, 1.807) is 19.1 Å². The lowest BCUT2D eigenvalue weighted by Crippen LogP contribution is -2.13. The van der Waals surface area contributed by atoms with Gasteiger partial charge in [-0.1, -0.05) is 17.3 Å². The highest BCUT2D eigenvalue weighted by Crippen LogP contribution is 2.25. The number of hydrogen-bond donors (Lipinski definition) is 2. The van der Waals surface area contributed by atoms with E-state index < -0.39 is 10.0 Å². The van der Waals surface area contributed by atoms with Crippen LogP contribution in [0.2, 0.25) is 0 Å². The zero-order valence-electron chi connectivity index (χ0n) is 15.2. The molecule has 2 N–H and O–H groups in total. The smallest absolute Gasteiger partial charge is 0.263 e. The normalized spacial score (nSPS) is 11.5. The van der Waals surface area contributed by atoms with Crippen molar-refractivity contribution in [2.75, 3.05) is 10.0 Å². The zero-order chi connectivity index (χ0) is 19.7. The summed E-state index contributed by atoms with van der Waals surface area (Å²) in [5.74, 6) is 1.97. The van der Waals surface area contributed by atoms with Crippen molar-refractivity contribution in [2.45, 2.75) is 18.7 Å². The molecule has 28 heavy (non-hydrogen) atoms. The monoisotopic (exact) mass is 395 g/mol. The standard InChI is InChI=1S/C19H17N5O3S/c1-12-11-18(23-27-12)24-28(25,26)15-9-7-14(8-10-15)22-19-16-5-3-4-6-17(16)20-13(2)21-19/h3-11H,1-2H3,(H,23,24)(H,20,21,22). The molecule has 9 heteroatoms.